The average molecular weight is 304 g/mol. The number of methoxy groups -OCH3 is 1. The predicted molar refractivity (Wildman–Crippen MR) is 76.3 cm³/mol. The van der Waals surface area contributed by atoms with Crippen molar-refractivity contribution >= 4 is 15.8 Å². The molecule has 0 spiro atoms. The number of likely N-dealkylation sites (tertiary alicyclic amines) is 1. The molecule has 6 nitrogen and oxygen atoms in total. The van der Waals surface area contributed by atoms with Gasteiger partial charge in [0.2, 0.25) is 0 Å². The van der Waals surface area contributed by atoms with E-state index in [1.54, 1.807) is 0 Å². The Morgan fingerprint density at radius 3 is 2.20 bits per heavy atom. The third kappa shape index (κ3) is 3.71. The summed E-state index contributed by atoms with van der Waals surface area (Å²) in [6.07, 6.45) is 1.97. The Morgan fingerprint density at radius 2 is 1.70 bits per heavy atom. The molecule has 0 saturated carbocycles. The second kappa shape index (κ2) is 6.41. The SMILES string of the molecule is COC(=O)[C@@H](C)N1CCC(N2CCS(=O)(=O)CC2)CC1. The van der Waals surface area contributed by atoms with Crippen LogP contribution in [0.5, 0.6) is 0 Å². The van der Waals surface area contributed by atoms with Gasteiger partial charge in [-0.1, -0.05) is 0 Å². The molecule has 0 N–H and O–H groups in total. The Hall–Kier alpha value is -0.660. The van der Waals surface area contributed by atoms with E-state index in [0.717, 1.165) is 25.9 Å². The highest BCUT2D eigenvalue weighted by Gasteiger charge is 2.32. The topological polar surface area (TPSA) is 66.9 Å². The van der Waals surface area contributed by atoms with Crippen LogP contribution in [0.25, 0.3) is 0 Å². The van der Waals surface area contributed by atoms with Crippen LogP contribution in [0.15, 0.2) is 0 Å². The standard InChI is InChI=1S/C13H24N2O4S/c1-11(13(16)19-2)14-5-3-12(4-6-14)15-7-9-20(17,18)10-8-15/h11-12H,3-10H2,1-2H3/t11-/m1/s1. The Balaban J connectivity index is 1.81. The zero-order valence-electron chi connectivity index (χ0n) is 12.2. The molecule has 20 heavy (non-hydrogen) atoms. The lowest BCUT2D eigenvalue weighted by Gasteiger charge is -2.41. The van der Waals surface area contributed by atoms with E-state index in [-0.39, 0.29) is 23.5 Å². The number of nitrogens with zero attached hydrogens (tertiary/aromatic N) is 2. The van der Waals surface area contributed by atoms with Gasteiger partial charge in [0.1, 0.15) is 6.04 Å². The zero-order valence-corrected chi connectivity index (χ0v) is 13.1. The Labute approximate surface area is 121 Å². The second-order valence-electron chi connectivity index (χ2n) is 5.65. The van der Waals surface area contributed by atoms with Gasteiger partial charge in [0.15, 0.2) is 9.84 Å². The molecule has 2 heterocycles. The van der Waals surface area contributed by atoms with Gasteiger partial charge in [-0.15, -0.1) is 0 Å². The molecular weight excluding hydrogens is 280 g/mol. The van der Waals surface area contributed by atoms with Crippen molar-refractivity contribution in [3.63, 3.8) is 0 Å². The molecule has 116 valence electrons. The molecule has 0 amide bonds. The summed E-state index contributed by atoms with van der Waals surface area (Å²) in [6, 6.07) is 0.259. The summed E-state index contributed by atoms with van der Waals surface area (Å²) < 4.78 is 27.7. The first-order chi connectivity index (χ1) is 9.43. The van der Waals surface area contributed by atoms with Crippen molar-refractivity contribution in [2.24, 2.45) is 0 Å². The number of carbonyl (C=O) groups excluding carboxylic acids is 1. The highest BCUT2D eigenvalue weighted by atomic mass is 32.2. The molecular formula is C13H24N2O4S. The number of rotatable bonds is 3. The fraction of sp³-hybridized carbons (Fsp3) is 0.923. The van der Waals surface area contributed by atoms with Crippen molar-refractivity contribution in [1.82, 2.24) is 9.80 Å². The van der Waals surface area contributed by atoms with Crippen molar-refractivity contribution in [2.75, 3.05) is 44.8 Å². The first-order valence-electron chi connectivity index (χ1n) is 7.19. The van der Waals surface area contributed by atoms with Crippen LogP contribution < -0.4 is 0 Å². The summed E-state index contributed by atoms with van der Waals surface area (Å²) in [6.45, 7) is 4.91. The van der Waals surface area contributed by atoms with Gasteiger partial charge in [0.05, 0.1) is 18.6 Å². The molecule has 0 aromatic rings. The lowest BCUT2D eigenvalue weighted by atomic mass is 10.0. The van der Waals surface area contributed by atoms with Crippen molar-refractivity contribution < 1.29 is 17.9 Å². The highest BCUT2D eigenvalue weighted by molar-refractivity contribution is 7.91. The van der Waals surface area contributed by atoms with E-state index < -0.39 is 9.84 Å². The van der Waals surface area contributed by atoms with E-state index in [2.05, 4.69) is 9.80 Å². The molecule has 1 atom stereocenters. The summed E-state index contributed by atoms with van der Waals surface area (Å²) in [7, 11) is -1.39. The maximum atomic E-state index is 11.5. The van der Waals surface area contributed by atoms with Crippen LogP contribution in [0.2, 0.25) is 0 Å². The van der Waals surface area contributed by atoms with Gasteiger partial charge in [-0.25, -0.2) is 8.42 Å². The maximum Gasteiger partial charge on any atom is 0.322 e. The van der Waals surface area contributed by atoms with Gasteiger partial charge in [-0.3, -0.25) is 14.6 Å². The van der Waals surface area contributed by atoms with Crippen molar-refractivity contribution in [3.8, 4) is 0 Å². The van der Waals surface area contributed by atoms with Gasteiger partial charge < -0.3 is 4.74 Å². The minimum Gasteiger partial charge on any atom is -0.468 e. The number of carbonyl (C=O) groups is 1. The smallest absolute Gasteiger partial charge is 0.322 e. The van der Waals surface area contributed by atoms with E-state index in [1.807, 2.05) is 6.92 Å². The van der Waals surface area contributed by atoms with Crippen LogP contribution in [0.3, 0.4) is 0 Å². The number of hydrogen-bond donors (Lipinski definition) is 0. The third-order valence-electron chi connectivity index (χ3n) is 4.48. The van der Waals surface area contributed by atoms with Crippen LogP contribution in [0, 0.1) is 0 Å². The monoisotopic (exact) mass is 304 g/mol. The minimum atomic E-state index is -2.81. The largest absolute Gasteiger partial charge is 0.468 e. The molecule has 0 radical (unpaired) electrons. The minimum absolute atomic E-state index is 0.187. The quantitative estimate of drug-likeness (QED) is 0.670. The Morgan fingerprint density at radius 1 is 1.15 bits per heavy atom. The van der Waals surface area contributed by atoms with E-state index in [1.165, 1.54) is 7.11 Å². The average Bonchev–Trinajstić information content (AvgIpc) is 2.46. The number of hydrogen-bond acceptors (Lipinski definition) is 6. The molecule has 2 fully saturated rings. The van der Waals surface area contributed by atoms with Crippen LogP contribution in [-0.2, 0) is 19.4 Å². The van der Waals surface area contributed by atoms with Crippen LogP contribution in [0.4, 0.5) is 0 Å². The third-order valence-corrected chi connectivity index (χ3v) is 6.09. The van der Waals surface area contributed by atoms with Gasteiger partial charge in [-0.05, 0) is 19.8 Å². The summed E-state index contributed by atoms with van der Waals surface area (Å²) >= 11 is 0. The van der Waals surface area contributed by atoms with Gasteiger partial charge in [0.25, 0.3) is 0 Å². The lowest BCUT2D eigenvalue weighted by Crippen LogP contribution is -2.52. The molecule has 2 saturated heterocycles. The number of esters is 1. The number of piperidine rings is 1. The normalized spacial score (nSPS) is 27.1. The van der Waals surface area contributed by atoms with E-state index >= 15 is 0 Å². The van der Waals surface area contributed by atoms with Crippen molar-refractivity contribution in [3.05, 3.63) is 0 Å². The fourth-order valence-electron chi connectivity index (χ4n) is 3.05. The van der Waals surface area contributed by atoms with Gasteiger partial charge >= 0.3 is 5.97 Å². The molecule has 0 bridgehead atoms. The highest BCUT2D eigenvalue weighted by Crippen LogP contribution is 2.20. The first kappa shape index (κ1) is 15.7. The summed E-state index contributed by atoms with van der Waals surface area (Å²) in [5.74, 6) is 0.380. The first-order valence-corrected chi connectivity index (χ1v) is 9.01. The van der Waals surface area contributed by atoms with E-state index in [9.17, 15) is 13.2 Å². The maximum absolute atomic E-state index is 11.5. The molecule has 0 unspecified atom stereocenters. The molecule has 2 aliphatic rings. The van der Waals surface area contributed by atoms with Crippen LogP contribution in [0.1, 0.15) is 19.8 Å². The van der Waals surface area contributed by atoms with Gasteiger partial charge in [0, 0.05) is 32.2 Å². The molecule has 0 aromatic heterocycles. The van der Waals surface area contributed by atoms with E-state index in [0.29, 0.717) is 19.1 Å². The predicted octanol–water partition coefficient (Wildman–Crippen LogP) is -0.257. The van der Waals surface area contributed by atoms with Gasteiger partial charge in [-0.2, -0.15) is 0 Å². The van der Waals surface area contributed by atoms with Crippen molar-refractivity contribution in [2.45, 2.75) is 31.8 Å². The van der Waals surface area contributed by atoms with Crippen LogP contribution in [-0.4, -0.2) is 81.1 Å². The summed E-state index contributed by atoms with van der Waals surface area (Å²) in [5, 5.41) is 0. The fourth-order valence-corrected chi connectivity index (χ4v) is 4.28. The Bertz CT molecular complexity index is 429. The van der Waals surface area contributed by atoms with Crippen molar-refractivity contribution in [1.29, 1.82) is 0 Å². The second-order valence-corrected chi connectivity index (χ2v) is 7.96. The van der Waals surface area contributed by atoms with E-state index in [4.69, 9.17) is 4.74 Å². The van der Waals surface area contributed by atoms with Crippen LogP contribution >= 0.6 is 0 Å². The molecule has 0 aromatic carbocycles. The summed E-state index contributed by atoms with van der Waals surface area (Å²) in [4.78, 5) is 16.0. The molecule has 2 rings (SSSR count). The molecule has 7 heteroatoms. The molecule has 2 aliphatic heterocycles. The zero-order chi connectivity index (χ0) is 14.8. The number of sulfone groups is 1. The summed E-state index contributed by atoms with van der Waals surface area (Å²) in [5.41, 5.74) is 0. The molecule has 0 aliphatic carbocycles. The Kier molecular flexibility index (Phi) is 5.04. The number of ether oxygens (including phenoxy) is 1. The lowest BCUT2D eigenvalue weighted by molar-refractivity contribution is -0.147.